The Labute approximate surface area is 115 Å². The summed E-state index contributed by atoms with van der Waals surface area (Å²) in [7, 11) is -3.37. The number of benzene rings is 1. The molecular weight excluding hydrogens is 260 g/mol. The van der Waals surface area contributed by atoms with Crippen molar-refractivity contribution in [3.63, 3.8) is 0 Å². The number of piperidine rings is 1. The third-order valence-corrected chi connectivity index (χ3v) is 5.50. The van der Waals surface area contributed by atoms with Crippen molar-refractivity contribution < 1.29 is 8.42 Å². The van der Waals surface area contributed by atoms with E-state index in [1.165, 1.54) is 0 Å². The number of rotatable bonds is 3. The van der Waals surface area contributed by atoms with Crippen molar-refractivity contribution in [1.29, 1.82) is 0 Å². The Balaban J connectivity index is 2.31. The zero-order chi connectivity index (χ0) is 14.0. The van der Waals surface area contributed by atoms with Gasteiger partial charge in [0.15, 0.2) is 0 Å². The molecule has 1 aliphatic heterocycles. The summed E-state index contributed by atoms with van der Waals surface area (Å²) in [6.07, 6.45) is 2.04. The molecule has 1 aromatic rings. The van der Waals surface area contributed by atoms with Gasteiger partial charge in [-0.3, -0.25) is 0 Å². The third-order valence-electron chi connectivity index (χ3n) is 3.64. The minimum Gasteiger partial charge on any atom is -0.324 e. The summed E-state index contributed by atoms with van der Waals surface area (Å²) in [4.78, 5) is 0.358. The Kier molecular flexibility index (Phi) is 4.28. The first-order chi connectivity index (χ1) is 8.91. The van der Waals surface area contributed by atoms with Crippen LogP contribution in [0.4, 0.5) is 0 Å². The second-order valence-electron chi connectivity index (χ2n) is 5.47. The fourth-order valence-corrected chi connectivity index (χ4v) is 4.13. The number of nitrogens with zero attached hydrogens (tertiary/aromatic N) is 1. The summed E-state index contributed by atoms with van der Waals surface area (Å²) in [6.45, 7) is 5.19. The Bertz CT molecular complexity index is 540. The summed E-state index contributed by atoms with van der Waals surface area (Å²) in [5.41, 5.74) is 6.67. The molecular formula is C14H22N2O2S. The molecule has 1 saturated heterocycles. The van der Waals surface area contributed by atoms with Crippen molar-refractivity contribution in [2.45, 2.75) is 37.6 Å². The average Bonchev–Trinajstić information content (AvgIpc) is 2.39. The van der Waals surface area contributed by atoms with Crippen LogP contribution in [0.5, 0.6) is 0 Å². The molecule has 0 saturated carbocycles. The van der Waals surface area contributed by atoms with Crippen molar-refractivity contribution in [3.05, 3.63) is 29.8 Å². The maximum atomic E-state index is 12.6. The quantitative estimate of drug-likeness (QED) is 0.923. The second kappa shape index (κ2) is 5.61. The summed E-state index contributed by atoms with van der Waals surface area (Å²) in [6, 6.07) is 6.82. The molecule has 1 aliphatic rings. The lowest BCUT2D eigenvalue weighted by atomic mass is 10.0. The Hall–Kier alpha value is -0.910. The smallest absolute Gasteiger partial charge is 0.243 e. The molecule has 2 rings (SSSR count). The van der Waals surface area contributed by atoms with E-state index in [0.717, 1.165) is 18.4 Å². The molecule has 106 valence electrons. The molecule has 2 atom stereocenters. The average molecular weight is 282 g/mol. The highest BCUT2D eigenvalue weighted by atomic mass is 32.2. The van der Waals surface area contributed by atoms with Crippen LogP contribution in [0.2, 0.25) is 0 Å². The van der Waals surface area contributed by atoms with Crippen LogP contribution in [-0.2, 0) is 10.0 Å². The van der Waals surface area contributed by atoms with E-state index in [-0.39, 0.29) is 6.04 Å². The van der Waals surface area contributed by atoms with E-state index in [1.807, 2.05) is 13.0 Å². The van der Waals surface area contributed by atoms with Crippen LogP contribution in [0.1, 0.15) is 38.3 Å². The predicted octanol–water partition coefficient (Wildman–Crippen LogP) is 2.13. The molecule has 19 heavy (non-hydrogen) atoms. The number of hydrogen-bond donors (Lipinski definition) is 1. The van der Waals surface area contributed by atoms with Gasteiger partial charge in [-0.1, -0.05) is 19.1 Å². The fraction of sp³-hybridized carbons (Fsp3) is 0.571. The van der Waals surface area contributed by atoms with Crippen LogP contribution >= 0.6 is 0 Å². The maximum Gasteiger partial charge on any atom is 0.243 e. The Morgan fingerprint density at radius 1 is 1.42 bits per heavy atom. The highest BCUT2D eigenvalue weighted by Crippen LogP contribution is 2.24. The van der Waals surface area contributed by atoms with Gasteiger partial charge in [-0.25, -0.2) is 8.42 Å². The molecule has 1 heterocycles. The first-order valence-electron chi connectivity index (χ1n) is 6.77. The van der Waals surface area contributed by atoms with Crippen LogP contribution in [0.25, 0.3) is 0 Å². The van der Waals surface area contributed by atoms with Gasteiger partial charge in [-0.05, 0) is 43.4 Å². The fourth-order valence-electron chi connectivity index (χ4n) is 2.47. The minimum absolute atomic E-state index is 0.157. The largest absolute Gasteiger partial charge is 0.324 e. The van der Waals surface area contributed by atoms with Gasteiger partial charge in [-0.2, -0.15) is 4.31 Å². The number of sulfonamides is 1. The van der Waals surface area contributed by atoms with Gasteiger partial charge in [0.25, 0.3) is 0 Å². The third kappa shape index (κ3) is 3.16. The topological polar surface area (TPSA) is 63.4 Å². The molecule has 0 spiro atoms. The van der Waals surface area contributed by atoms with E-state index in [0.29, 0.717) is 23.9 Å². The first kappa shape index (κ1) is 14.5. The van der Waals surface area contributed by atoms with Crippen molar-refractivity contribution in [1.82, 2.24) is 4.31 Å². The van der Waals surface area contributed by atoms with Crippen molar-refractivity contribution in [3.8, 4) is 0 Å². The zero-order valence-corrected chi connectivity index (χ0v) is 12.4. The van der Waals surface area contributed by atoms with Gasteiger partial charge in [0.1, 0.15) is 0 Å². The molecule has 1 fully saturated rings. The summed E-state index contributed by atoms with van der Waals surface area (Å²) < 4.78 is 26.8. The van der Waals surface area contributed by atoms with Gasteiger partial charge >= 0.3 is 0 Å². The molecule has 2 unspecified atom stereocenters. The van der Waals surface area contributed by atoms with Gasteiger partial charge < -0.3 is 5.73 Å². The van der Waals surface area contributed by atoms with Gasteiger partial charge in [0, 0.05) is 19.1 Å². The van der Waals surface area contributed by atoms with Gasteiger partial charge in [0.05, 0.1) is 4.90 Å². The highest BCUT2D eigenvalue weighted by Gasteiger charge is 2.28. The normalized spacial score (nSPS) is 23.2. The van der Waals surface area contributed by atoms with E-state index < -0.39 is 10.0 Å². The monoisotopic (exact) mass is 282 g/mol. The standard InChI is InChI=1S/C14H22N2O2S/c1-11-5-4-8-16(10-11)19(17,18)14-7-3-6-13(9-14)12(2)15/h3,6-7,9,11-12H,4-5,8,10,15H2,1-2H3. The minimum atomic E-state index is -3.37. The lowest BCUT2D eigenvalue weighted by Gasteiger charge is -2.30. The van der Waals surface area contributed by atoms with Crippen molar-refractivity contribution in [2.24, 2.45) is 11.7 Å². The van der Waals surface area contributed by atoms with Crippen molar-refractivity contribution in [2.75, 3.05) is 13.1 Å². The van der Waals surface area contributed by atoms with E-state index in [1.54, 1.807) is 22.5 Å². The molecule has 5 heteroatoms. The molecule has 0 radical (unpaired) electrons. The molecule has 0 amide bonds. The number of hydrogen-bond acceptors (Lipinski definition) is 3. The zero-order valence-electron chi connectivity index (χ0n) is 11.5. The SMILES string of the molecule is CC1CCCN(S(=O)(=O)c2cccc(C(C)N)c2)C1. The summed E-state index contributed by atoms with van der Waals surface area (Å²) >= 11 is 0. The maximum absolute atomic E-state index is 12.6. The van der Waals surface area contributed by atoms with Crippen LogP contribution in [0, 0.1) is 5.92 Å². The molecule has 1 aromatic carbocycles. The van der Waals surface area contributed by atoms with Crippen LogP contribution < -0.4 is 5.73 Å². The lowest BCUT2D eigenvalue weighted by molar-refractivity contribution is 0.281. The lowest BCUT2D eigenvalue weighted by Crippen LogP contribution is -2.39. The molecule has 4 nitrogen and oxygen atoms in total. The van der Waals surface area contributed by atoms with Crippen LogP contribution in [0.15, 0.2) is 29.2 Å². The summed E-state index contributed by atoms with van der Waals surface area (Å²) in [5.74, 6) is 0.431. The van der Waals surface area contributed by atoms with E-state index >= 15 is 0 Å². The Morgan fingerprint density at radius 2 is 2.16 bits per heavy atom. The molecule has 2 N–H and O–H groups in total. The van der Waals surface area contributed by atoms with Crippen LogP contribution in [-0.4, -0.2) is 25.8 Å². The van der Waals surface area contributed by atoms with Gasteiger partial charge in [0.2, 0.25) is 10.0 Å². The van der Waals surface area contributed by atoms with E-state index in [9.17, 15) is 8.42 Å². The van der Waals surface area contributed by atoms with Crippen LogP contribution in [0.3, 0.4) is 0 Å². The second-order valence-corrected chi connectivity index (χ2v) is 7.41. The molecule has 0 aromatic heterocycles. The van der Waals surface area contributed by atoms with E-state index in [2.05, 4.69) is 6.92 Å². The predicted molar refractivity (Wildman–Crippen MR) is 76.2 cm³/mol. The highest BCUT2D eigenvalue weighted by molar-refractivity contribution is 7.89. The molecule has 0 bridgehead atoms. The first-order valence-corrected chi connectivity index (χ1v) is 8.21. The molecule has 0 aliphatic carbocycles. The van der Waals surface area contributed by atoms with Crippen molar-refractivity contribution >= 4 is 10.0 Å². The summed E-state index contributed by atoms with van der Waals surface area (Å²) in [5, 5.41) is 0. The van der Waals surface area contributed by atoms with E-state index in [4.69, 9.17) is 5.73 Å². The number of nitrogens with two attached hydrogens (primary N) is 1. The Morgan fingerprint density at radius 3 is 2.79 bits per heavy atom. The van der Waals surface area contributed by atoms with Gasteiger partial charge in [-0.15, -0.1) is 0 Å².